The number of aliphatic hydroxyl groups excluding tert-OH is 1. The summed E-state index contributed by atoms with van der Waals surface area (Å²) < 4.78 is 0. The van der Waals surface area contributed by atoms with Gasteiger partial charge < -0.3 is 15.7 Å². The molecule has 0 amide bonds. The molecule has 2 unspecified atom stereocenters. The zero-order valence-electron chi connectivity index (χ0n) is 10.2. The molecule has 0 saturated carbocycles. The molecule has 3 heteroatoms. The zero-order valence-corrected chi connectivity index (χ0v) is 10.2. The van der Waals surface area contributed by atoms with Crippen LogP contribution in [0.2, 0.25) is 0 Å². The maximum absolute atomic E-state index is 9.01. The van der Waals surface area contributed by atoms with Crippen LogP contribution in [-0.2, 0) is 0 Å². The van der Waals surface area contributed by atoms with E-state index in [-0.39, 0.29) is 12.6 Å². The van der Waals surface area contributed by atoms with Crippen LogP contribution in [0.25, 0.3) is 0 Å². The predicted molar refractivity (Wildman–Crippen MR) is 63.7 cm³/mol. The Hall–Kier alpha value is -0.120. The maximum Gasteiger partial charge on any atom is 0.0585 e. The van der Waals surface area contributed by atoms with E-state index in [9.17, 15) is 0 Å². The molecule has 1 heterocycles. The van der Waals surface area contributed by atoms with E-state index in [1.807, 2.05) is 0 Å². The lowest BCUT2D eigenvalue weighted by atomic mass is 9.89. The Balaban J connectivity index is 2.29. The lowest BCUT2D eigenvalue weighted by molar-refractivity contribution is 0.110. The van der Waals surface area contributed by atoms with E-state index in [2.05, 4.69) is 18.7 Å². The van der Waals surface area contributed by atoms with Gasteiger partial charge in [0.15, 0.2) is 0 Å². The number of aliphatic hydroxyl groups is 1. The molecule has 1 aliphatic rings. The van der Waals surface area contributed by atoms with Crippen molar-refractivity contribution in [3.8, 4) is 0 Å². The van der Waals surface area contributed by atoms with E-state index in [1.165, 1.54) is 12.8 Å². The molecule has 0 aliphatic carbocycles. The van der Waals surface area contributed by atoms with Gasteiger partial charge in [0.2, 0.25) is 0 Å². The Morgan fingerprint density at radius 3 is 2.47 bits per heavy atom. The molecule has 1 saturated heterocycles. The number of hydrogen-bond acceptors (Lipinski definition) is 3. The van der Waals surface area contributed by atoms with Crippen LogP contribution < -0.4 is 5.73 Å². The van der Waals surface area contributed by atoms with Crippen LogP contribution in [0.15, 0.2) is 0 Å². The Kier molecular flexibility index (Phi) is 5.58. The first-order valence-electron chi connectivity index (χ1n) is 6.29. The van der Waals surface area contributed by atoms with Gasteiger partial charge in [-0.25, -0.2) is 0 Å². The van der Waals surface area contributed by atoms with E-state index in [0.717, 1.165) is 25.9 Å². The van der Waals surface area contributed by atoms with Crippen molar-refractivity contribution in [2.24, 2.45) is 11.7 Å². The molecule has 0 radical (unpaired) electrons. The van der Waals surface area contributed by atoms with E-state index in [1.54, 1.807) is 0 Å². The minimum Gasteiger partial charge on any atom is -0.395 e. The first-order valence-corrected chi connectivity index (χ1v) is 6.29. The van der Waals surface area contributed by atoms with Gasteiger partial charge in [0.1, 0.15) is 0 Å². The highest BCUT2D eigenvalue weighted by molar-refractivity contribution is 4.81. The molecule has 2 atom stereocenters. The van der Waals surface area contributed by atoms with Gasteiger partial charge in [-0.2, -0.15) is 0 Å². The molecule has 1 aliphatic heterocycles. The van der Waals surface area contributed by atoms with E-state index >= 15 is 0 Å². The van der Waals surface area contributed by atoms with Crippen molar-refractivity contribution in [2.45, 2.75) is 51.6 Å². The van der Waals surface area contributed by atoms with Gasteiger partial charge in [0.05, 0.1) is 6.61 Å². The number of nitrogens with two attached hydrogens (primary N) is 1. The van der Waals surface area contributed by atoms with Crippen molar-refractivity contribution in [1.29, 1.82) is 0 Å². The highest BCUT2D eigenvalue weighted by Gasteiger charge is 2.25. The van der Waals surface area contributed by atoms with Gasteiger partial charge in [-0.05, 0) is 45.2 Å². The average molecular weight is 214 g/mol. The minimum atomic E-state index is -0.00590. The fourth-order valence-electron chi connectivity index (χ4n) is 2.54. The van der Waals surface area contributed by atoms with Gasteiger partial charge in [0.25, 0.3) is 0 Å². The van der Waals surface area contributed by atoms with Crippen LogP contribution in [0.5, 0.6) is 0 Å². The van der Waals surface area contributed by atoms with Crippen molar-refractivity contribution in [2.75, 3.05) is 19.7 Å². The number of piperidine rings is 1. The molecule has 0 spiro atoms. The number of rotatable bonds is 5. The quantitative estimate of drug-likeness (QED) is 0.723. The first kappa shape index (κ1) is 12.9. The van der Waals surface area contributed by atoms with Gasteiger partial charge in [-0.3, -0.25) is 0 Å². The van der Waals surface area contributed by atoms with E-state index < -0.39 is 0 Å². The Morgan fingerprint density at radius 1 is 1.40 bits per heavy atom. The molecule has 15 heavy (non-hydrogen) atoms. The lowest BCUT2D eigenvalue weighted by Crippen LogP contribution is -2.45. The zero-order chi connectivity index (χ0) is 11.3. The molecular formula is C12H26N2O. The van der Waals surface area contributed by atoms with Crippen LogP contribution >= 0.6 is 0 Å². The average Bonchev–Trinajstić information content (AvgIpc) is 2.28. The second kappa shape index (κ2) is 6.46. The highest BCUT2D eigenvalue weighted by Crippen LogP contribution is 2.22. The van der Waals surface area contributed by atoms with E-state index in [4.69, 9.17) is 10.8 Å². The molecule has 0 aromatic heterocycles. The second-order valence-corrected chi connectivity index (χ2v) is 4.86. The monoisotopic (exact) mass is 214 g/mol. The molecule has 0 aromatic carbocycles. The lowest BCUT2D eigenvalue weighted by Gasteiger charge is -2.37. The number of likely N-dealkylation sites (tertiary alicyclic amines) is 1. The molecule has 3 N–H and O–H groups in total. The summed E-state index contributed by atoms with van der Waals surface area (Å²) in [4.78, 5) is 2.56. The molecule has 0 aromatic rings. The number of hydrogen-bond donors (Lipinski definition) is 2. The minimum absolute atomic E-state index is 0.00590. The van der Waals surface area contributed by atoms with Gasteiger partial charge in [-0.15, -0.1) is 0 Å². The molecule has 1 fully saturated rings. The van der Waals surface area contributed by atoms with Crippen LogP contribution in [0.4, 0.5) is 0 Å². The summed E-state index contributed by atoms with van der Waals surface area (Å²) in [6.45, 7) is 7.00. The topological polar surface area (TPSA) is 49.5 Å². The predicted octanol–water partition coefficient (Wildman–Crippen LogP) is 1.21. The Labute approximate surface area is 93.6 Å². The van der Waals surface area contributed by atoms with E-state index in [0.29, 0.717) is 12.0 Å². The van der Waals surface area contributed by atoms with Crippen molar-refractivity contribution in [1.82, 2.24) is 4.90 Å². The summed E-state index contributed by atoms with van der Waals surface area (Å²) in [6, 6.07) is 0.704. The summed E-state index contributed by atoms with van der Waals surface area (Å²) in [6.07, 6.45) is 4.85. The molecule has 90 valence electrons. The molecule has 3 nitrogen and oxygen atoms in total. The summed E-state index contributed by atoms with van der Waals surface area (Å²) in [5.41, 5.74) is 5.86. The second-order valence-electron chi connectivity index (χ2n) is 4.86. The van der Waals surface area contributed by atoms with Gasteiger partial charge in [-0.1, -0.05) is 13.3 Å². The third-order valence-corrected chi connectivity index (χ3v) is 3.72. The Bertz CT molecular complexity index is 167. The molecular weight excluding hydrogens is 188 g/mol. The largest absolute Gasteiger partial charge is 0.395 e. The maximum atomic E-state index is 9.01. The third kappa shape index (κ3) is 3.74. The SMILES string of the molecule is CCCC(C)N1CCC(C(N)CO)CC1. The summed E-state index contributed by atoms with van der Waals surface area (Å²) in [5.74, 6) is 0.528. The van der Waals surface area contributed by atoms with Gasteiger partial charge >= 0.3 is 0 Å². The Morgan fingerprint density at radius 2 is 2.00 bits per heavy atom. The fourth-order valence-corrected chi connectivity index (χ4v) is 2.54. The summed E-state index contributed by atoms with van der Waals surface area (Å²) >= 11 is 0. The molecule has 0 bridgehead atoms. The van der Waals surface area contributed by atoms with Crippen LogP contribution in [0.1, 0.15) is 39.5 Å². The first-order chi connectivity index (χ1) is 7.19. The van der Waals surface area contributed by atoms with Crippen molar-refractivity contribution in [3.63, 3.8) is 0 Å². The molecule has 1 rings (SSSR count). The highest BCUT2D eigenvalue weighted by atomic mass is 16.3. The van der Waals surface area contributed by atoms with Crippen LogP contribution in [0, 0.1) is 5.92 Å². The smallest absolute Gasteiger partial charge is 0.0585 e. The number of nitrogens with zero attached hydrogens (tertiary/aromatic N) is 1. The summed E-state index contributed by atoms with van der Waals surface area (Å²) in [5, 5.41) is 9.01. The van der Waals surface area contributed by atoms with Crippen molar-refractivity contribution < 1.29 is 5.11 Å². The fraction of sp³-hybridized carbons (Fsp3) is 1.00. The normalized spacial score (nSPS) is 24.0. The van der Waals surface area contributed by atoms with Crippen molar-refractivity contribution >= 4 is 0 Å². The van der Waals surface area contributed by atoms with Gasteiger partial charge in [0, 0.05) is 12.1 Å². The van der Waals surface area contributed by atoms with Crippen LogP contribution in [0.3, 0.4) is 0 Å². The van der Waals surface area contributed by atoms with Crippen LogP contribution in [-0.4, -0.2) is 41.8 Å². The third-order valence-electron chi connectivity index (χ3n) is 3.72. The summed E-state index contributed by atoms with van der Waals surface area (Å²) in [7, 11) is 0. The van der Waals surface area contributed by atoms with Crippen molar-refractivity contribution in [3.05, 3.63) is 0 Å². The standard InChI is InChI=1S/C12H26N2O/c1-3-4-10(2)14-7-5-11(6-8-14)12(13)9-15/h10-12,15H,3-9,13H2,1-2H3.